The Morgan fingerprint density at radius 3 is 2.76 bits per heavy atom. The molecule has 0 aromatic carbocycles. The lowest BCUT2D eigenvalue weighted by Crippen LogP contribution is -2.38. The molecule has 0 saturated heterocycles. The standard InChI is InChI=1S/C14H21ClN2/c1-12-11-16-9-7-14(12)17(10-8-15)13-5-3-2-4-6-13/h7,9,11,13H,2-6,8,10H2,1H3. The largest absolute Gasteiger partial charge is 0.367 e. The van der Waals surface area contributed by atoms with Crippen LogP contribution in [0, 0.1) is 6.92 Å². The van der Waals surface area contributed by atoms with Crippen molar-refractivity contribution in [1.29, 1.82) is 0 Å². The Labute approximate surface area is 109 Å². The van der Waals surface area contributed by atoms with Gasteiger partial charge in [-0.05, 0) is 31.4 Å². The molecule has 17 heavy (non-hydrogen) atoms. The summed E-state index contributed by atoms with van der Waals surface area (Å²) in [5.41, 5.74) is 2.57. The molecule has 0 amide bonds. The number of aryl methyl sites for hydroxylation is 1. The Balaban J connectivity index is 2.18. The molecule has 2 nitrogen and oxygen atoms in total. The van der Waals surface area contributed by atoms with E-state index in [-0.39, 0.29) is 0 Å². The smallest absolute Gasteiger partial charge is 0.0429 e. The minimum absolute atomic E-state index is 0.670. The van der Waals surface area contributed by atoms with Crippen LogP contribution in [0.5, 0.6) is 0 Å². The van der Waals surface area contributed by atoms with E-state index in [0.29, 0.717) is 11.9 Å². The number of anilines is 1. The molecule has 0 N–H and O–H groups in total. The van der Waals surface area contributed by atoms with Crippen molar-refractivity contribution in [3.05, 3.63) is 24.0 Å². The molecule has 1 aliphatic rings. The Kier molecular flexibility index (Phi) is 4.66. The van der Waals surface area contributed by atoms with Crippen LogP contribution < -0.4 is 4.90 Å². The zero-order chi connectivity index (χ0) is 12.1. The number of hydrogen-bond donors (Lipinski definition) is 0. The maximum absolute atomic E-state index is 5.96. The molecule has 94 valence electrons. The molecule has 0 aliphatic heterocycles. The highest BCUT2D eigenvalue weighted by molar-refractivity contribution is 6.18. The van der Waals surface area contributed by atoms with Gasteiger partial charge in [0.2, 0.25) is 0 Å². The van der Waals surface area contributed by atoms with Gasteiger partial charge < -0.3 is 4.90 Å². The van der Waals surface area contributed by atoms with Crippen molar-refractivity contribution in [1.82, 2.24) is 4.98 Å². The van der Waals surface area contributed by atoms with E-state index < -0.39 is 0 Å². The molecule has 3 heteroatoms. The fourth-order valence-corrected chi connectivity index (χ4v) is 2.95. The molecule has 1 aromatic rings. The van der Waals surface area contributed by atoms with Crippen LogP contribution in [-0.4, -0.2) is 23.5 Å². The van der Waals surface area contributed by atoms with Gasteiger partial charge in [0.1, 0.15) is 0 Å². The third kappa shape index (κ3) is 3.12. The van der Waals surface area contributed by atoms with Crippen LogP contribution in [0.25, 0.3) is 0 Å². The maximum atomic E-state index is 5.96. The minimum Gasteiger partial charge on any atom is -0.367 e. The van der Waals surface area contributed by atoms with Crippen LogP contribution in [0.2, 0.25) is 0 Å². The van der Waals surface area contributed by atoms with Crippen molar-refractivity contribution in [2.45, 2.75) is 45.1 Å². The van der Waals surface area contributed by atoms with Crippen molar-refractivity contribution >= 4 is 17.3 Å². The normalized spacial score (nSPS) is 17.1. The minimum atomic E-state index is 0.670. The van der Waals surface area contributed by atoms with Crippen LogP contribution in [0.3, 0.4) is 0 Å². The molecule has 0 spiro atoms. The number of rotatable bonds is 4. The molecule has 1 heterocycles. The van der Waals surface area contributed by atoms with Crippen molar-refractivity contribution in [2.75, 3.05) is 17.3 Å². The van der Waals surface area contributed by atoms with Gasteiger partial charge in [0, 0.05) is 36.5 Å². The van der Waals surface area contributed by atoms with Crippen LogP contribution in [0.4, 0.5) is 5.69 Å². The second kappa shape index (κ2) is 6.25. The molecule has 1 aromatic heterocycles. The third-order valence-corrected chi connectivity index (χ3v) is 3.81. The average Bonchev–Trinajstić information content (AvgIpc) is 2.38. The lowest BCUT2D eigenvalue weighted by Gasteiger charge is -2.36. The second-order valence-corrected chi connectivity index (χ2v) is 5.21. The number of nitrogens with zero attached hydrogens (tertiary/aromatic N) is 2. The first-order chi connectivity index (χ1) is 8.33. The van der Waals surface area contributed by atoms with Gasteiger partial charge >= 0.3 is 0 Å². The molecule has 0 bridgehead atoms. The van der Waals surface area contributed by atoms with Gasteiger partial charge in [-0.1, -0.05) is 19.3 Å². The Hall–Kier alpha value is -0.760. The molecule has 1 fully saturated rings. The number of pyridine rings is 1. The number of aromatic nitrogens is 1. The van der Waals surface area contributed by atoms with Gasteiger partial charge in [0.25, 0.3) is 0 Å². The topological polar surface area (TPSA) is 16.1 Å². The summed E-state index contributed by atoms with van der Waals surface area (Å²) in [5, 5.41) is 0. The summed E-state index contributed by atoms with van der Waals surface area (Å²) in [7, 11) is 0. The fourth-order valence-electron chi connectivity index (χ4n) is 2.77. The lowest BCUT2D eigenvalue weighted by atomic mass is 9.93. The SMILES string of the molecule is Cc1cnccc1N(CCCl)C1CCCCC1. The number of hydrogen-bond acceptors (Lipinski definition) is 2. The number of halogens is 1. The summed E-state index contributed by atoms with van der Waals surface area (Å²) >= 11 is 5.96. The highest BCUT2D eigenvalue weighted by Crippen LogP contribution is 2.28. The molecular weight excluding hydrogens is 232 g/mol. The quantitative estimate of drug-likeness (QED) is 0.759. The van der Waals surface area contributed by atoms with E-state index in [1.807, 2.05) is 12.4 Å². The number of alkyl halides is 1. The molecule has 0 atom stereocenters. The van der Waals surface area contributed by atoms with Gasteiger partial charge in [0.05, 0.1) is 0 Å². The first-order valence-corrected chi connectivity index (χ1v) is 7.09. The van der Waals surface area contributed by atoms with Gasteiger partial charge in [-0.2, -0.15) is 0 Å². The zero-order valence-corrected chi connectivity index (χ0v) is 11.3. The molecule has 0 radical (unpaired) electrons. The van der Waals surface area contributed by atoms with Crippen LogP contribution >= 0.6 is 11.6 Å². The van der Waals surface area contributed by atoms with E-state index in [9.17, 15) is 0 Å². The summed E-state index contributed by atoms with van der Waals surface area (Å²) < 4.78 is 0. The zero-order valence-electron chi connectivity index (χ0n) is 10.5. The van der Waals surface area contributed by atoms with Crippen molar-refractivity contribution < 1.29 is 0 Å². The highest BCUT2D eigenvalue weighted by Gasteiger charge is 2.21. The molecule has 0 unspecified atom stereocenters. The Morgan fingerprint density at radius 1 is 1.35 bits per heavy atom. The van der Waals surface area contributed by atoms with Crippen LogP contribution in [-0.2, 0) is 0 Å². The second-order valence-electron chi connectivity index (χ2n) is 4.84. The summed E-state index contributed by atoms with van der Waals surface area (Å²) in [4.78, 5) is 6.66. The van der Waals surface area contributed by atoms with Crippen molar-refractivity contribution in [3.8, 4) is 0 Å². The third-order valence-electron chi connectivity index (χ3n) is 3.64. The van der Waals surface area contributed by atoms with E-state index in [1.54, 1.807) is 0 Å². The van der Waals surface area contributed by atoms with Crippen LogP contribution in [0.1, 0.15) is 37.7 Å². The first kappa shape index (κ1) is 12.7. The summed E-state index contributed by atoms with van der Waals surface area (Å²) in [6.07, 6.45) is 10.5. The molecule has 1 aliphatic carbocycles. The van der Waals surface area contributed by atoms with E-state index in [0.717, 1.165) is 6.54 Å². The van der Waals surface area contributed by atoms with E-state index in [4.69, 9.17) is 11.6 Å². The lowest BCUT2D eigenvalue weighted by molar-refractivity contribution is 0.418. The van der Waals surface area contributed by atoms with Crippen molar-refractivity contribution in [3.63, 3.8) is 0 Å². The summed E-state index contributed by atoms with van der Waals surface area (Å²) in [6, 6.07) is 2.79. The molecule has 2 rings (SSSR count). The monoisotopic (exact) mass is 252 g/mol. The van der Waals surface area contributed by atoms with Crippen LogP contribution in [0.15, 0.2) is 18.5 Å². The Bertz CT molecular complexity index is 348. The van der Waals surface area contributed by atoms with Gasteiger partial charge in [-0.25, -0.2) is 0 Å². The average molecular weight is 253 g/mol. The predicted molar refractivity (Wildman–Crippen MR) is 73.9 cm³/mol. The van der Waals surface area contributed by atoms with E-state index in [1.165, 1.54) is 43.4 Å². The van der Waals surface area contributed by atoms with Gasteiger partial charge in [-0.3, -0.25) is 4.98 Å². The summed E-state index contributed by atoms with van der Waals surface area (Å²) in [5.74, 6) is 0.693. The van der Waals surface area contributed by atoms with E-state index >= 15 is 0 Å². The molecule has 1 saturated carbocycles. The van der Waals surface area contributed by atoms with Crippen molar-refractivity contribution in [2.24, 2.45) is 0 Å². The van der Waals surface area contributed by atoms with E-state index in [2.05, 4.69) is 22.9 Å². The highest BCUT2D eigenvalue weighted by atomic mass is 35.5. The van der Waals surface area contributed by atoms with Gasteiger partial charge in [0.15, 0.2) is 0 Å². The maximum Gasteiger partial charge on any atom is 0.0429 e. The predicted octanol–water partition coefficient (Wildman–Crippen LogP) is 3.77. The Morgan fingerprint density at radius 2 is 2.12 bits per heavy atom. The first-order valence-electron chi connectivity index (χ1n) is 6.56. The molecular formula is C14H21ClN2. The fraction of sp³-hybridized carbons (Fsp3) is 0.643. The summed E-state index contributed by atoms with van der Waals surface area (Å²) in [6.45, 7) is 3.07. The van der Waals surface area contributed by atoms with Gasteiger partial charge in [-0.15, -0.1) is 11.6 Å².